The van der Waals surface area contributed by atoms with E-state index < -0.39 is 17.7 Å². The number of alkyl halides is 4. The predicted octanol–water partition coefficient (Wildman–Crippen LogP) is 2.89. The molecule has 0 spiro atoms. The maximum atomic E-state index is 14.4. The Labute approximate surface area is 175 Å². The summed E-state index contributed by atoms with van der Waals surface area (Å²) < 4.78 is 55.1. The van der Waals surface area contributed by atoms with Crippen molar-refractivity contribution in [2.45, 2.75) is 36.0 Å². The van der Waals surface area contributed by atoms with Crippen molar-refractivity contribution in [3.05, 3.63) is 23.9 Å². The van der Waals surface area contributed by atoms with Gasteiger partial charge in [0, 0.05) is 20.0 Å². The minimum atomic E-state index is -4.53. The highest BCUT2D eigenvalue weighted by atomic mass is 32.2. The number of fused-ring (bicyclic) bond motifs is 1. The van der Waals surface area contributed by atoms with Crippen LogP contribution in [-0.4, -0.2) is 64.8 Å². The van der Waals surface area contributed by atoms with E-state index in [2.05, 4.69) is 27.6 Å². The Morgan fingerprint density at radius 1 is 1.40 bits per heavy atom. The number of thioether (sulfide) groups is 1. The van der Waals surface area contributed by atoms with E-state index in [0.29, 0.717) is 18.8 Å². The molecular formula is C19H21F4N5OS. The second-order valence-corrected chi connectivity index (χ2v) is 8.04. The summed E-state index contributed by atoms with van der Waals surface area (Å²) in [5.74, 6) is 5.30. The number of hydrogen-bond acceptors (Lipinski definition) is 5. The first-order valence-corrected chi connectivity index (χ1v) is 10.1. The molecule has 2 N–H and O–H groups in total. The zero-order valence-corrected chi connectivity index (χ0v) is 17.2. The van der Waals surface area contributed by atoms with Gasteiger partial charge >= 0.3 is 5.51 Å². The van der Waals surface area contributed by atoms with Gasteiger partial charge in [-0.15, -0.1) is 0 Å². The molecule has 0 aromatic carbocycles. The summed E-state index contributed by atoms with van der Waals surface area (Å²) in [6, 6.07) is 4.27. The van der Waals surface area contributed by atoms with Gasteiger partial charge in [-0.25, -0.2) is 8.91 Å². The number of carbonyl (C=O) groups is 1. The van der Waals surface area contributed by atoms with Crippen LogP contribution in [0.4, 0.5) is 23.4 Å². The lowest BCUT2D eigenvalue weighted by Crippen LogP contribution is -2.46. The van der Waals surface area contributed by atoms with E-state index in [4.69, 9.17) is 0 Å². The molecule has 30 heavy (non-hydrogen) atoms. The Hall–Kier alpha value is -2.45. The minimum Gasteiger partial charge on any atom is -0.364 e. The van der Waals surface area contributed by atoms with Gasteiger partial charge in [-0.05, 0) is 43.3 Å². The lowest BCUT2D eigenvalue weighted by atomic mass is 10.0. The molecule has 1 saturated heterocycles. The summed E-state index contributed by atoms with van der Waals surface area (Å²) in [5, 5.41) is 9.77. The number of nitrogens with one attached hydrogen (secondary N) is 2. The summed E-state index contributed by atoms with van der Waals surface area (Å²) in [6.07, 6.45) is -0.557. The van der Waals surface area contributed by atoms with Crippen LogP contribution in [0.1, 0.15) is 19.0 Å². The number of aromatic nitrogens is 2. The van der Waals surface area contributed by atoms with E-state index in [1.807, 2.05) is 11.9 Å². The number of hydrogen-bond donors (Lipinski definition) is 2. The van der Waals surface area contributed by atoms with Crippen LogP contribution in [-0.2, 0) is 4.79 Å². The zero-order chi connectivity index (χ0) is 21.9. The number of pyridine rings is 1. The Morgan fingerprint density at radius 3 is 2.83 bits per heavy atom. The number of likely N-dealkylation sites (tertiary alicyclic amines) is 1. The highest BCUT2D eigenvalue weighted by Gasteiger charge is 2.33. The first-order valence-electron chi connectivity index (χ1n) is 9.24. The number of rotatable bonds is 4. The molecule has 0 unspecified atom stereocenters. The van der Waals surface area contributed by atoms with Crippen LogP contribution in [0.15, 0.2) is 23.1 Å². The molecule has 11 heteroatoms. The smallest absolute Gasteiger partial charge is 0.364 e. The highest BCUT2D eigenvalue weighted by Crippen LogP contribution is 2.41. The average Bonchev–Trinajstić information content (AvgIpc) is 2.98. The van der Waals surface area contributed by atoms with Gasteiger partial charge in [-0.2, -0.15) is 18.3 Å². The number of carbonyl (C=O) groups excluding carboxylic acids is 1. The van der Waals surface area contributed by atoms with Crippen molar-refractivity contribution in [1.82, 2.24) is 19.8 Å². The van der Waals surface area contributed by atoms with Crippen LogP contribution in [0.25, 0.3) is 5.52 Å². The molecule has 3 heterocycles. The van der Waals surface area contributed by atoms with Crippen LogP contribution >= 0.6 is 11.8 Å². The van der Waals surface area contributed by atoms with Crippen LogP contribution in [0.3, 0.4) is 0 Å². The van der Waals surface area contributed by atoms with Crippen molar-refractivity contribution in [3.8, 4) is 11.8 Å². The SMILES string of the molecule is CC(=O)NCC#Cc1nn2c(N[C@@H]3CCN(C)C[C@@H]3F)cccc2c1SC(F)(F)F. The quantitative estimate of drug-likeness (QED) is 0.432. The van der Waals surface area contributed by atoms with Crippen molar-refractivity contribution in [3.63, 3.8) is 0 Å². The van der Waals surface area contributed by atoms with Crippen molar-refractivity contribution < 1.29 is 22.4 Å². The van der Waals surface area contributed by atoms with E-state index in [-0.39, 0.29) is 46.9 Å². The standard InChI is InChI=1S/C19H21F4N5OS/c1-12(29)24-9-4-5-15-18(30-19(21,22)23)16-6-3-7-17(28(16)26-15)25-14-8-10-27(2)11-13(14)20/h3,6-7,13-14,25H,8-11H2,1-2H3,(H,24,29)/t13-,14+/m0/s1. The Morgan fingerprint density at radius 2 is 2.17 bits per heavy atom. The highest BCUT2D eigenvalue weighted by molar-refractivity contribution is 8.00. The fourth-order valence-electron chi connectivity index (χ4n) is 3.16. The maximum absolute atomic E-state index is 14.4. The molecule has 1 fully saturated rings. The van der Waals surface area contributed by atoms with Crippen LogP contribution < -0.4 is 10.6 Å². The fraction of sp³-hybridized carbons (Fsp3) is 0.474. The summed E-state index contributed by atoms with van der Waals surface area (Å²) in [4.78, 5) is 12.7. The lowest BCUT2D eigenvalue weighted by molar-refractivity contribution is -0.118. The number of amides is 1. The van der Waals surface area contributed by atoms with Gasteiger partial charge in [0.1, 0.15) is 17.7 Å². The molecule has 6 nitrogen and oxygen atoms in total. The number of halogens is 4. The Balaban J connectivity index is 1.96. The first kappa shape index (κ1) is 22.2. The van der Waals surface area contributed by atoms with Crippen LogP contribution in [0, 0.1) is 11.8 Å². The molecule has 1 aliphatic rings. The average molecular weight is 443 g/mol. The lowest BCUT2D eigenvalue weighted by Gasteiger charge is -2.33. The molecule has 162 valence electrons. The second kappa shape index (κ2) is 9.14. The van der Waals surface area contributed by atoms with Crippen molar-refractivity contribution in [2.75, 3.05) is 32.0 Å². The summed E-state index contributed by atoms with van der Waals surface area (Å²) in [5.41, 5.74) is -4.37. The van der Waals surface area contributed by atoms with E-state index >= 15 is 0 Å². The van der Waals surface area contributed by atoms with E-state index in [0.717, 1.165) is 0 Å². The van der Waals surface area contributed by atoms with Gasteiger partial charge in [-0.1, -0.05) is 12.0 Å². The van der Waals surface area contributed by atoms with Crippen molar-refractivity contribution in [1.29, 1.82) is 0 Å². The van der Waals surface area contributed by atoms with Gasteiger partial charge in [0.2, 0.25) is 5.91 Å². The van der Waals surface area contributed by atoms with Crippen molar-refractivity contribution in [2.24, 2.45) is 0 Å². The molecule has 0 saturated carbocycles. The minimum absolute atomic E-state index is 0.0104. The van der Waals surface area contributed by atoms with Gasteiger partial charge in [0.05, 0.1) is 23.0 Å². The first-order chi connectivity index (χ1) is 14.1. The molecule has 0 radical (unpaired) electrons. The molecule has 0 bridgehead atoms. The van der Waals surface area contributed by atoms with Gasteiger partial charge in [-0.3, -0.25) is 4.79 Å². The Bertz CT molecular complexity index is 981. The fourth-order valence-corrected chi connectivity index (χ4v) is 3.84. The third kappa shape index (κ3) is 5.58. The summed E-state index contributed by atoms with van der Waals surface area (Å²) in [6.45, 7) is 2.30. The monoisotopic (exact) mass is 443 g/mol. The molecule has 3 rings (SSSR count). The largest absolute Gasteiger partial charge is 0.446 e. The molecule has 0 aliphatic carbocycles. The van der Waals surface area contributed by atoms with Crippen LogP contribution in [0.5, 0.6) is 0 Å². The Kier molecular flexibility index (Phi) is 6.77. The third-order valence-electron chi connectivity index (χ3n) is 4.54. The predicted molar refractivity (Wildman–Crippen MR) is 107 cm³/mol. The molecule has 2 atom stereocenters. The third-order valence-corrected chi connectivity index (χ3v) is 5.38. The van der Waals surface area contributed by atoms with Crippen LogP contribution in [0.2, 0.25) is 0 Å². The second-order valence-electron chi connectivity index (χ2n) is 6.96. The van der Waals surface area contributed by atoms with Gasteiger partial charge in [0.15, 0.2) is 0 Å². The number of anilines is 1. The number of nitrogens with zero attached hydrogens (tertiary/aromatic N) is 3. The topological polar surface area (TPSA) is 61.7 Å². The van der Waals surface area contributed by atoms with Crippen molar-refractivity contribution >= 4 is 29.0 Å². The number of piperidine rings is 1. The van der Waals surface area contributed by atoms with E-state index in [9.17, 15) is 22.4 Å². The van der Waals surface area contributed by atoms with Gasteiger partial charge < -0.3 is 15.5 Å². The molecule has 1 amide bonds. The molecule has 2 aromatic rings. The molecule has 1 aliphatic heterocycles. The van der Waals surface area contributed by atoms with E-state index in [1.165, 1.54) is 17.5 Å². The zero-order valence-electron chi connectivity index (χ0n) is 16.4. The maximum Gasteiger partial charge on any atom is 0.446 e. The van der Waals surface area contributed by atoms with E-state index in [1.54, 1.807) is 12.1 Å². The summed E-state index contributed by atoms with van der Waals surface area (Å²) >= 11 is -0.298. The molecular weight excluding hydrogens is 422 g/mol. The summed E-state index contributed by atoms with van der Waals surface area (Å²) in [7, 11) is 1.84. The normalized spacial score (nSPS) is 19.9. The molecule has 2 aromatic heterocycles. The van der Waals surface area contributed by atoms with Gasteiger partial charge in [0.25, 0.3) is 0 Å².